The van der Waals surface area contributed by atoms with Crippen LogP contribution in [0.2, 0.25) is 0 Å². The number of halogens is 6. The van der Waals surface area contributed by atoms with E-state index in [9.17, 15) is 41.0 Å². The third-order valence-electron chi connectivity index (χ3n) is 12.0. The highest BCUT2D eigenvalue weighted by Crippen LogP contribution is 2.52. The average Bonchev–Trinajstić information content (AvgIpc) is 4.10. The van der Waals surface area contributed by atoms with Gasteiger partial charge in [-0.2, -0.15) is 13.2 Å². The summed E-state index contributed by atoms with van der Waals surface area (Å²) in [6, 6.07) is 23.2. The van der Waals surface area contributed by atoms with Crippen LogP contribution in [0.15, 0.2) is 103 Å². The van der Waals surface area contributed by atoms with Crippen molar-refractivity contribution < 1.29 is 60.0 Å². The molecule has 1 aliphatic carbocycles. The predicted molar refractivity (Wildman–Crippen MR) is 248 cm³/mol. The normalized spacial score (nSPS) is 14.3. The van der Waals surface area contributed by atoms with Gasteiger partial charge in [-0.05, 0) is 116 Å². The third-order valence-corrected chi connectivity index (χ3v) is 12.0. The topological polar surface area (TPSA) is 166 Å². The minimum Gasteiger partial charge on any atom is -0.489 e. The molecular formula is C52H50F6N6O7. The maximum Gasteiger partial charge on any atom is 0.586 e. The van der Waals surface area contributed by atoms with Crippen LogP contribution in [0.1, 0.15) is 74.4 Å². The fourth-order valence-electron chi connectivity index (χ4n) is 8.07. The molecule has 1 saturated carbocycles. The summed E-state index contributed by atoms with van der Waals surface area (Å²) in [6.07, 6.45) is -1.54. The molecule has 4 N–H and O–H groups in total. The fourth-order valence-corrected chi connectivity index (χ4v) is 8.07. The van der Waals surface area contributed by atoms with Crippen molar-refractivity contribution in [2.24, 2.45) is 0 Å². The Labute approximate surface area is 405 Å². The van der Waals surface area contributed by atoms with Crippen LogP contribution in [-0.2, 0) is 53.5 Å². The van der Waals surface area contributed by atoms with Crippen molar-refractivity contribution >= 4 is 17.6 Å². The number of benzene rings is 4. The number of carbonyl (C=O) groups excluding carboxylic acids is 2. The minimum atomic E-state index is -4.83. The van der Waals surface area contributed by atoms with Crippen LogP contribution in [0.5, 0.6) is 17.2 Å². The van der Waals surface area contributed by atoms with Crippen molar-refractivity contribution in [3.63, 3.8) is 0 Å². The Kier molecular flexibility index (Phi) is 15.5. The lowest BCUT2D eigenvalue weighted by atomic mass is 9.94. The van der Waals surface area contributed by atoms with Gasteiger partial charge in [-0.3, -0.25) is 19.6 Å². The van der Waals surface area contributed by atoms with Crippen LogP contribution >= 0.6 is 0 Å². The van der Waals surface area contributed by atoms with Gasteiger partial charge in [-0.25, -0.2) is 9.37 Å². The molecule has 1 fully saturated rings. The molecule has 372 valence electrons. The van der Waals surface area contributed by atoms with Crippen molar-refractivity contribution in [3.05, 3.63) is 160 Å². The van der Waals surface area contributed by atoms with Crippen molar-refractivity contribution in [2.45, 2.75) is 76.5 Å². The second-order valence-electron chi connectivity index (χ2n) is 17.2. The van der Waals surface area contributed by atoms with Crippen molar-refractivity contribution in [1.82, 2.24) is 25.6 Å². The SMILES string of the molecule is Cc1ccc(NC(=O)C2(c3ccc4c(c3)OC(F)(F)O4)CC2)nc1-c1cccc(C(=O)NCCOCCCc2cnc(CCc3ccc(OCc4ccc(F)c(C(F)(F)F)c4)c(CNCCO)c3)cn2)c1. The van der Waals surface area contributed by atoms with E-state index in [-0.39, 0.29) is 48.6 Å². The Morgan fingerprint density at radius 1 is 0.831 bits per heavy atom. The van der Waals surface area contributed by atoms with Gasteiger partial charge < -0.3 is 40.0 Å². The lowest BCUT2D eigenvalue weighted by Crippen LogP contribution is -2.28. The Morgan fingerprint density at radius 2 is 1.61 bits per heavy atom. The van der Waals surface area contributed by atoms with E-state index >= 15 is 0 Å². The maximum absolute atomic E-state index is 13.8. The molecule has 2 aromatic heterocycles. The second kappa shape index (κ2) is 21.9. The molecule has 2 aliphatic rings. The van der Waals surface area contributed by atoms with Gasteiger partial charge in [0.1, 0.15) is 24.0 Å². The molecule has 0 atom stereocenters. The number of alkyl halides is 5. The van der Waals surface area contributed by atoms with Gasteiger partial charge >= 0.3 is 12.5 Å². The van der Waals surface area contributed by atoms with E-state index in [4.69, 9.17) is 14.5 Å². The Balaban J connectivity index is 0.754. The molecule has 1 aliphatic heterocycles. The van der Waals surface area contributed by atoms with Crippen LogP contribution < -0.4 is 30.2 Å². The van der Waals surface area contributed by atoms with Crippen molar-refractivity contribution in [1.29, 1.82) is 0 Å². The van der Waals surface area contributed by atoms with E-state index in [0.29, 0.717) is 98.8 Å². The first-order chi connectivity index (χ1) is 34.1. The highest BCUT2D eigenvalue weighted by Gasteiger charge is 2.53. The van der Waals surface area contributed by atoms with E-state index in [1.54, 1.807) is 48.8 Å². The van der Waals surface area contributed by atoms with E-state index in [1.165, 1.54) is 18.2 Å². The number of nitrogens with zero attached hydrogens (tertiary/aromatic N) is 3. The summed E-state index contributed by atoms with van der Waals surface area (Å²) >= 11 is 0. The number of pyridine rings is 1. The van der Waals surface area contributed by atoms with Gasteiger partial charge in [-0.15, -0.1) is 8.78 Å². The highest BCUT2D eigenvalue weighted by molar-refractivity contribution is 6.01. The number of ether oxygens (including phenoxy) is 4. The number of hydrogen-bond donors (Lipinski definition) is 4. The molecule has 2 amide bonds. The van der Waals surface area contributed by atoms with Gasteiger partial charge in [0.15, 0.2) is 11.5 Å². The molecule has 3 heterocycles. The molecule has 4 aromatic carbocycles. The number of anilines is 1. The largest absolute Gasteiger partial charge is 0.586 e. The molecule has 0 unspecified atom stereocenters. The van der Waals surface area contributed by atoms with E-state index in [2.05, 4.69) is 35.4 Å². The van der Waals surface area contributed by atoms with Crippen LogP contribution in [0, 0.1) is 12.7 Å². The fraction of sp³-hybridized carbons (Fsp3) is 0.327. The summed E-state index contributed by atoms with van der Waals surface area (Å²) in [5.41, 5.74) is 4.23. The van der Waals surface area contributed by atoms with E-state index in [1.807, 2.05) is 31.2 Å². The molecule has 0 spiro atoms. The molecular weight excluding hydrogens is 935 g/mol. The zero-order chi connectivity index (χ0) is 50.2. The van der Waals surface area contributed by atoms with Gasteiger partial charge in [0.05, 0.1) is 41.3 Å². The number of aliphatic hydroxyl groups is 1. The summed E-state index contributed by atoms with van der Waals surface area (Å²) in [6.45, 7) is 3.28. The first kappa shape index (κ1) is 50.3. The number of amides is 2. The first-order valence-electron chi connectivity index (χ1n) is 23.0. The first-order valence-corrected chi connectivity index (χ1v) is 23.0. The number of aliphatic hydroxyl groups excluding tert-OH is 1. The molecule has 19 heteroatoms. The van der Waals surface area contributed by atoms with Crippen LogP contribution in [-0.4, -0.2) is 71.1 Å². The number of hydrogen-bond acceptors (Lipinski definition) is 11. The Morgan fingerprint density at radius 3 is 2.37 bits per heavy atom. The van der Waals surface area contributed by atoms with Gasteiger partial charge in [0.25, 0.3) is 5.91 Å². The van der Waals surface area contributed by atoms with Crippen LogP contribution in [0.25, 0.3) is 11.3 Å². The van der Waals surface area contributed by atoms with Gasteiger partial charge in [0, 0.05) is 55.3 Å². The molecule has 0 bridgehead atoms. The number of rotatable bonds is 22. The highest BCUT2D eigenvalue weighted by atomic mass is 19.4. The average molecular weight is 985 g/mol. The zero-order valence-electron chi connectivity index (χ0n) is 38.5. The maximum atomic E-state index is 13.8. The quantitative estimate of drug-likeness (QED) is 0.0380. The summed E-state index contributed by atoms with van der Waals surface area (Å²) in [5, 5.41) is 18.1. The lowest BCUT2D eigenvalue weighted by molar-refractivity contribution is -0.286. The smallest absolute Gasteiger partial charge is 0.489 e. The van der Waals surface area contributed by atoms with Crippen LogP contribution in [0.3, 0.4) is 0 Å². The van der Waals surface area contributed by atoms with E-state index < -0.39 is 29.3 Å². The van der Waals surface area contributed by atoms with Crippen LogP contribution in [0.4, 0.5) is 32.2 Å². The molecule has 6 aromatic rings. The third kappa shape index (κ3) is 12.8. The molecule has 8 rings (SSSR count). The number of aromatic nitrogens is 3. The molecule has 71 heavy (non-hydrogen) atoms. The monoisotopic (exact) mass is 984 g/mol. The number of aryl methyl sites for hydroxylation is 4. The predicted octanol–water partition coefficient (Wildman–Crippen LogP) is 8.82. The lowest BCUT2D eigenvalue weighted by Gasteiger charge is -2.17. The van der Waals surface area contributed by atoms with E-state index in [0.717, 1.165) is 40.2 Å². The molecule has 13 nitrogen and oxygen atoms in total. The summed E-state index contributed by atoms with van der Waals surface area (Å²) in [7, 11) is 0. The van der Waals surface area contributed by atoms with Gasteiger partial charge in [-0.1, -0.05) is 42.5 Å². The number of nitrogens with one attached hydrogen (secondary N) is 3. The number of fused-ring (bicyclic) bond motifs is 1. The summed E-state index contributed by atoms with van der Waals surface area (Å²) < 4.78 is 101. The summed E-state index contributed by atoms with van der Waals surface area (Å²) in [4.78, 5) is 40.5. The zero-order valence-corrected chi connectivity index (χ0v) is 38.5. The van der Waals surface area contributed by atoms with Gasteiger partial charge in [0.2, 0.25) is 5.91 Å². The number of carbonyl (C=O) groups is 2. The van der Waals surface area contributed by atoms with Crippen molar-refractivity contribution in [2.75, 3.05) is 38.2 Å². The Bertz CT molecular complexity index is 2860. The molecule has 0 radical (unpaired) electrons. The summed E-state index contributed by atoms with van der Waals surface area (Å²) in [5.74, 6) is -1.43. The van der Waals surface area contributed by atoms with Crippen molar-refractivity contribution in [3.8, 4) is 28.5 Å². The minimum absolute atomic E-state index is 0.0802. The molecule has 0 saturated heterocycles. The standard InChI is InChI=1S/C52H50F6N6O7/c1-32-7-16-46(64-49(67)50(17-18-50)38-11-15-44-45(27-38)71-52(57,58)70-44)63-47(32)35-4-2-5-36(26-35)48(66)60-20-23-68-22-3-6-39-29-62-40(30-61-39)12-8-33-10-14-43(37(24-33)28-59-19-21-65)69-31-34-9-13-42(53)41(25-34)51(54,55)56/h2,4-5,7,9-11,13-16,24-27,29-30,59,65H,3,6,8,12,17-23,28,31H2,1H3,(H,60,66)(H,63,64,67). The second-order valence-corrected chi connectivity index (χ2v) is 17.2. The Hall–Kier alpha value is -7.09.